The van der Waals surface area contributed by atoms with Crippen LogP contribution in [0.3, 0.4) is 0 Å². The molecule has 0 aliphatic rings. The maximum Gasteiger partial charge on any atom is 0.191 e. The maximum absolute atomic E-state index is 5.56. The van der Waals surface area contributed by atoms with Crippen molar-refractivity contribution in [3.8, 4) is 11.5 Å². The summed E-state index contributed by atoms with van der Waals surface area (Å²) in [5, 5.41) is 6.69. The first-order valence-electron chi connectivity index (χ1n) is 8.87. The molecule has 0 spiro atoms. The number of hydrogen-bond acceptors (Lipinski definition) is 3. The minimum absolute atomic E-state index is 0.614. The van der Waals surface area contributed by atoms with Gasteiger partial charge in [0.2, 0.25) is 0 Å². The molecule has 0 fully saturated rings. The predicted octanol–water partition coefficient (Wildman–Crippen LogP) is 3.58. The highest BCUT2D eigenvalue weighted by atomic mass is 16.5. The van der Waals surface area contributed by atoms with E-state index in [1.807, 2.05) is 25.1 Å². The van der Waals surface area contributed by atoms with Crippen molar-refractivity contribution in [3.05, 3.63) is 58.7 Å². The molecule has 0 saturated heterocycles. The molecule has 0 radical (unpaired) electrons. The monoisotopic (exact) mass is 355 g/mol. The van der Waals surface area contributed by atoms with Crippen molar-refractivity contribution in [1.82, 2.24) is 10.6 Å². The number of rotatable bonds is 7. The van der Waals surface area contributed by atoms with E-state index in [2.05, 4.69) is 47.7 Å². The quantitative estimate of drug-likeness (QED) is 0.589. The van der Waals surface area contributed by atoms with Crippen molar-refractivity contribution in [2.45, 2.75) is 33.9 Å². The van der Waals surface area contributed by atoms with Gasteiger partial charge in [0.05, 0.1) is 13.7 Å². The number of hydrogen-bond donors (Lipinski definition) is 2. The van der Waals surface area contributed by atoms with Gasteiger partial charge in [0.1, 0.15) is 0 Å². The molecule has 0 aliphatic carbocycles. The van der Waals surface area contributed by atoms with Crippen LogP contribution >= 0.6 is 0 Å². The van der Waals surface area contributed by atoms with Gasteiger partial charge in [-0.15, -0.1) is 0 Å². The Bertz CT molecular complexity index is 757. The fourth-order valence-electron chi connectivity index (χ4n) is 2.73. The van der Waals surface area contributed by atoms with Crippen molar-refractivity contribution in [2.24, 2.45) is 4.99 Å². The van der Waals surface area contributed by atoms with Crippen molar-refractivity contribution in [1.29, 1.82) is 0 Å². The van der Waals surface area contributed by atoms with Crippen LogP contribution in [0.25, 0.3) is 0 Å². The molecular weight excluding hydrogens is 326 g/mol. The van der Waals surface area contributed by atoms with Crippen LogP contribution in [0.2, 0.25) is 0 Å². The Hall–Kier alpha value is -2.69. The van der Waals surface area contributed by atoms with Crippen molar-refractivity contribution >= 4 is 5.96 Å². The number of benzene rings is 2. The Morgan fingerprint density at radius 2 is 1.77 bits per heavy atom. The Morgan fingerprint density at radius 1 is 1.00 bits per heavy atom. The Labute approximate surface area is 156 Å². The average Bonchev–Trinajstić information content (AvgIpc) is 2.64. The van der Waals surface area contributed by atoms with E-state index in [1.165, 1.54) is 16.7 Å². The number of guanidine groups is 1. The third kappa shape index (κ3) is 5.41. The molecular formula is C21H29N3O2. The third-order valence-corrected chi connectivity index (χ3v) is 4.16. The molecule has 0 saturated carbocycles. The van der Waals surface area contributed by atoms with Gasteiger partial charge in [-0.1, -0.05) is 29.8 Å². The van der Waals surface area contributed by atoms with Gasteiger partial charge in [0.15, 0.2) is 17.5 Å². The summed E-state index contributed by atoms with van der Waals surface area (Å²) in [5.74, 6) is 2.26. The van der Waals surface area contributed by atoms with Crippen LogP contribution in [-0.2, 0) is 13.1 Å². The van der Waals surface area contributed by atoms with Crippen LogP contribution in [0.5, 0.6) is 11.5 Å². The lowest BCUT2D eigenvalue weighted by Gasteiger charge is -2.15. The molecule has 140 valence electrons. The lowest BCUT2D eigenvalue weighted by atomic mass is 10.1. The molecule has 2 rings (SSSR count). The van der Waals surface area contributed by atoms with Crippen LogP contribution in [0, 0.1) is 13.8 Å². The lowest BCUT2D eigenvalue weighted by molar-refractivity contribution is 0.310. The number of nitrogens with one attached hydrogen (secondary N) is 2. The second-order valence-corrected chi connectivity index (χ2v) is 6.13. The summed E-state index contributed by atoms with van der Waals surface area (Å²) in [6, 6.07) is 12.4. The molecule has 0 bridgehead atoms. The summed E-state index contributed by atoms with van der Waals surface area (Å²) in [6.45, 7) is 8.19. The maximum atomic E-state index is 5.56. The SMILES string of the molecule is CCOc1ccc(CNC(=NC)NCc2ccc(C)cc2C)cc1OC. The van der Waals surface area contributed by atoms with Gasteiger partial charge in [-0.2, -0.15) is 0 Å². The first-order chi connectivity index (χ1) is 12.6. The van der Waals surface area contributed by atoms with Crippen molar-refractivity contribution in [2.75, 3.05) is 20.8 Å². The number of aryl methyl sites for hydroxylation is 2. The topological polar surface area (TPSA) is 54.9 Å². The molecule has 0 aliphatic heterocycles. The molecule has 0 atom stereocenters. The average molecular weight is 355 g/mol. The molecule has 2 N–H and O–H groups in total. The van der Waals surface area contributed by atoms with Crippen LogP contribution in [0.1, 0.15) is 29.2 Å². The zero-order chi connectivity index (χ0) is 18.9. The van der Waals surface area contributed by atoms with Crippen LogP contribution in [0.4, 0.5) is 0 Å². The number of aliphatic imine (C=N–C) groups is 1. The zero-order valence-electron chi connectivity index (χ0n) is 16.3. The molecule has 5 nitrogen and oxygen atoms in total. The Balaban J connectivity index is 1.94. The van der Waals surface area contributed by atoms with Gasteiger partial charge >= 0.3 is 0 Å². The third-order valence-electron chi connectivity index (χ3n) is 4.16. The van der Waals surface area contributed by atoms with E-state index < -0.39 is 0 Å². The zero-order valence-corrected chi connectivity index (χ0v) is 16.3. The number of nitrogens with zero attached hydrogens (tertiary/aromatic N) is 1. The summed E-state index contributed by atoms with van der Waals surface area (Å²) >= 11 is 0. The predicted molar refractivity (Wildman–Crippen MR) is 107 cm³/mol. The smallest absolute Gasteiger partial charge is 0.191 e. The van der Waals surface area contributed by atoms with Crippen molar-refractivity contribution in [3.63, 3.8) is 0 Å². The fraction of sp³-hybridized carbons (Fsp3) is 0.381. The normalized spacial score (nSPS) is 11.2. The Morgan fingerprint density at radius 3 is 2.42 bits per heavy atom. The minimum Gasteiger partial charge on any atom is -0.493 e. The standard InChI is InChI=1S/C21H29N3O2/c1-6-26-19-10-8-17(12-20(19)25-5)13-23-21(22-4)24-14-18-9-7-15(2)11-16(18)3/h7-12H,6,13-14H2,1-5H3,(H2,22,23,24). The highest BCUT2D eigenvalue weighted by Crippen LogP contribution is 2.27. The van der Waals surface area contributed by atoms with Crippen LogP contribution in [0.15, 0.2) is 41.4 Å². The number of methoxy groups -OCH3 is 1. The number of ether oxygens (including phenoxy) is 2. The summed E-state index contributed by atoms with van der Waals surface area (Å²) < 4.78 is 11.0. The summed E-state index contributed by atoms with van der Waals surface area (Å²) in [7, 11) is 3.43. The van der Waals surface area contributed by atoms with Crippen LogP contribution < -0.4 is 20.1 Å². The second-order valence-electron chi connectivity index (χ2n) is 6.13. The first kappa shape index (κ1) is 19.6. The van der Waals surface area contributed by atoms with Gasteiger partial charge in [0, 0.05) is 20.1 Å². The summed E-state index contributed by atoms with van der Waals surface area (Å²) in [5.41, 5.74) is 4.92. The van der Waals surface area contributed by atoms with Gasteiger partial charge in [-0.05, 0) is 49.6 Å². The minimum atomic E-state index is 0.614. The van der Waals surface area contributed by atoms with E-state index in [-0.39, 0.29) is 0 Å². The van der Waals surface area contributed by atoms with E-state index in [4.69, 9.17) is 9.47 Å². The van der Waals surface area contributed by atoms with Gasteiger partial charge < -0.3 is 20.1 Å². The van der Waals surface area contributed by atoms with Crippen LogP contribution in [-0.4, -0.2) is 26.7 Å². The highest BCUT2D eigenvalue weighted by molar-refractivity contribution is 5.79. The lowest BCUT2D eigenvalue weighted by Crippen LogP contribution is -2.36. The van der Waals surface area contributed by atoms with E-state index in [0.717, 1.165) is 29.6 Å². The second kappa shape index (κ2) is 9.70. The Kier molecular flexibility index (Phi) is 7.33. The van der Waals surface area contributed by atoms with Gasteiger partial charge in [0.25, 0.3) is 0 Å². The highest BCUT2D eigenvalue weighted by Gasteiger charge is 2.06. The fourth-order valence-corrected chi connectivity index (χ4v) is 2.73. The molecule has 0 heterocycles. The molecule has 2 aromatic carbocycles. The van der Waals surface area contributed by atoms with Crippen molar-refractivity contribution < 1.29 is 9.47 Å². The summed E-state index contributed by atoms with van der Waals surface area (Å²) in [4.78, 5) is 4.29. The largest absolute Gasteiger partial charge is 0.493 e. The molecule has 0 aromatic heterocycles. The first-order valence-corrected chi connectivity index (χ1v) is 8.87. The van der Waals surface area contributed by atoms with E-state index >= 15 is 0 Å². The van der Waals surface area contributed by atoms with E-state index in [1.54, 1.807) is 14.2 Å². The molecule has 2 aromatic rings. The molecule has 0 unspecified atom stereocenters. The van der Waals surface area contributed by atoms with E-state index in [9.17, 15) is 0 Å². The van der Waals surface area contributed by atoms with Gasteiger partial charge in [-0.3, -0.25) is 4.99 Å². The van der Waals surface area contributed by atoms with Gasteiger partial charge in [-0.25, -0.2) is 0 Å². The van der Waals surface area contributed by atoms with E-state index in [0.29, 0.717) is 13.2 Å². The molecule has 5 heteroatoms. The summed E-state index contributed by atoms with van der Waals surface area (Å²) in [6.07, 6.45) is 0. The molecule has 26 heavy (non-hydrogen) atoms. The molecule has 0 amide bonds.